The molecule has 3 aromatic rings. The number of benzene rings is 2. The molecule has 35 heavy (non-hydrogen) atoms. The van der Waals surface area contributed by atoms with Gasteiger partial charge in [-0.05, 0) is 72.0 Å². The summed E-state index contributed by atoms with van der Waals surface area (Å²) in [6.45, 7) is 7.31. The lowest BCUT2D eigenvalue weighted by Crippen LogP contribution is -2.33. The number of carbonyl (C=O) groups excluding carboxylic acids is 2. The highest BCUT2D eigenvalue weighted by Crippen LogP contribution is 2.32. The average molecular weight is 477 g/mol. The number of halogens is 1. The van der Waals surface area contributed by atoms with E-state index in [9.17, 15) is 9.59 Å². The number of ether oxygens (including phenoxy) is 1. The van der Waals surface area contributed by atoms with Gasteiger partial charge in [-0.1, -0.05) is 12.1 Å². The lowest BCUT2D eigenvalue weighted by molar-refractivity contribution is -0.119. The molecule has 1 unspecified atom stereocenters. The number of rotatable bonds is 8. The molecular formula is C27H29FN4O3. The average Bonchev–Trinajstić information content (AvgIpc) is 3.21. The summed E-state index contributed by atoms with van der Waals surface area (Å²) in [6, 6.07) is 12.8. The zero-order valence-electron chi connectivity index (χ0n) is 20.1. The van der Waals surface area contributed by atoms with E-state index >= 15 is 4.39 Å². The van der Waals surface area contributed by atoms with Crippen molar-refractivity contribution in [1.29, 1.82) is 0 Å². The van der Waals surface area contributed by atoms with Crippen LogP contribution < -0.4 is 15.5 Å². The minimum absolute atomic E-state index is 0.198. The number of nitrogens with zero attached hydrogens (tertiary/aromatic N) is 2. The predicted octanol–water partition coefficient (Wildman–Crippen LogP) is 4.26. The minimum atomic E-state index is -0.553. The summed E-state index contributed by atoms with van der Waals surface area (Å²) in [7, 11) is 0. The van der Waals surface area contributed by atoms with Gasteiger partial charge >= 0.3 is 6.09 Å². The van der Waals surface area contributed by atoms with Crippen molar-refractivity contribution in [2.45, 2.75) is 40.0 Å². The fraction of sp³-hybridized carbons (Fsp3) is 0.296. The van der Waals surface area contributed by atoms with Crippen molar-refractivity contribution in [3.05, 3.63) is 82.9 Å². The van der Waals surface area contributed by atoms with Gasteiger partial charge in [0.25, 0.3) is 0 Å². The molecule has 1 atom stereocenters. The normalized spacial score (nSPS) is 15.3. The van der Waals surface area contributed by atoms with E-state index in [2.05, 4.69) is 21.7 Å². The van der Waals surface area contributed by atoms with Crippen LogP contribution >= 0.6 is 0 Å². The van der Waals surface area contributed by atoms with Gasteiger partial charge in [-0.2, -0.15) is 0 Å². The Morgan fingerprint density at radius 3 is 2.57 bits per heavy atom. The Hall–Kier alpha value is -3.78. The van der Waals surface area contributed by atoms with E-state index in [1.807, 2.05) is 32.0 Å². The molecule has 1 saturated heterocycles. The second-order valence-electron chi connectivity index (χ2n) is 8.77. The number of pyridine rings is 1. The Balaban J connectivity index is 1.46. The largest absolute Gasteiger partial charge is 0.442 e. The number of hydrogen-bond acceptors (Lipinski definition) is 5. The summed E-state index contributed by atoms with van der Waals surface area (Å²) in [4.78, 5) is 28.8. The van der Waals surface area contributed by atoms with Crippen LogP contribution in [0.1, 0.15) is 29.2 Å². The molecule has 0 spiro atoms. The van der Waals surface area contributed by atoms with Gasteiger partial charge in [0.05, 0.1) is 18.8 Å². The summed E-state index contributed by atoms with van der Waals surface area (Å²) in [6.07, 6.45) is 2.53. The molecule has 1 aliphatic heterocycles. The number of anilines is 1. The molecule has 8 heteroatoms. The summed E-state index contributed by atoms with van der Waals surface area (Å²) in [5.41, 5.74) is 6.08. The maximum Gasteiger partial charge on any atom is 0.414 e. The van der Waals surface area contributed by atoms with Gasteiger partial charge in [0.1, 0.15) is 11.9 Å². The zero-order valence-corrected chi connectivity index (χ0v) is 20.1. The highest BCUT2D eigenvalue weighted by molar-refractivity contribution is 5.90. The van der Waals surface area contributed by atoms with Crippen LogP contribution in [0.2, 0.25) is 0 Å². The number of hydrogen-bond donors (Lipinski definition) is 2. The molecule has 0 bridgehead atoms. The molecule has 2 amide bonds. The third kappa shape index (κ3) is 5.84. The number of nitrogens with one attached hydrogen (secondary N) is 2. The number of aryl methyl sites for hydroxylation is 2. The van der Waals surface area contributed by atoms with Gasteiger partial charge in [0.2, 0.25) is 5.91 Å². The van der Waals surface area contributed by atoms with Crippen molar-refractivity contribution >= 4 is 17.7 Å². The molecule has 2 heterocycles. The van der Waals surface area contributed by atoms with Crippen LogP contribution in [-0.2, 0) is 22.6 Å². The molecule has 2 N–H and O–H groups in total. The van der Waals surface area contributed by atoms with Crippen LogP contribution in [0.5, 0.6) is 0 Å². The third-order valence-electron chi connectivity index (χ3n) is 6.08. The first-order valence-corrected chi connectivity index (χ1v) is 11.5. The Morgan fingerprint density at radius 1 is 1.09 bits per heavy atom. The Labute approximate surface area is 204 Å². The van der Waals surface area contributed by atoms with Crippen LogP contribution in [0, 0.1) is 19.7 Å². The highest BCUT2D eigenvalue weighted by atomic mass is 19.1. The zero-order chi connectivity index (χ0) is 24.9. The Morgan fingerprint density at radius 2 is 1.86 bits per heavy atom. The van der Waals surface area contributed by atoms with Gasteiger partial charge in [0.15, 0.2) is 0 Å². The first-order valence-electron chi connectivity index (χ1n) is 11.5. The van der Waals surface area contributed by atoms with Crippen molar-refractivity contribution in [3.8, 4) is 11.1 Å². The third-order valence-corrected chi connectivity index (χ3v) is 6.08. The van der Waals surface area contributed by atoms with Gasteiger partial charge in [0, 0.05) is 38.0 Å². The molecule has 1 aliphatic rings. The first kappa shape index (κ1) is 24.3. The lowest BCUT2D eigenvalue weighted by Gasteiger charge is -2.17. The van der Waals surface area contributed by atoms with Crippen molar-refractivity contribution in [2.75, 3.05) is 18.0 Å². The second-order valence-corrected chi connectivity index (χ2v) is 8.77. The van der Waals surface area contributed by atoms with Crippen molar-refractivity contribution in [3.63, 3.8) is 0 Å². The SMILES string of the molecule is CC(=O)NCC1CN(c2ccc(-c3cc(C)c(CNCc4ccncc4)cc3C)c(F)c2)C(=O)O1. The summed E-state index contributed by atoms with van der Waals surface area (Å²) >= 11 is 0. The highest BCUT2D eigenvalue weighted by Gasteiger charge is 2.32. The van der Waals surface area contributed by atoms with Crippen LogP contribution in [0.15, 0.2) is 54.9 Å². The maximum atomic E-state index is 15.2. The van der Waals surface area contributed by atoms with Gasteiger partial charge in [-0.25, -0.2) is 9.18 Å². The van der Waals surface area contributed by atoms with Gasteiger partial charge in [-0.3, -0.25) is 14.7 Å². The van der Waals surface area contributed by atoms with E-state index < -0.39 is 18.0 Å². The second kappa shape index (κ2) is 10.7. The van der Waals surface area contributed by atoms with E-state index in [-0.39, 0.29) is 19.0 Å². The maximum absolute atomic E-state index is 15.2. The van der Waals surface area contributed by atoms with Gasteiger partial charge in [-0.15, -0.1) is 0 Å². The molecule has 4 rings (SSSR count). The molecule has 7 nitrogen and oxygen atoms in total. The summed E-state index contributed by atoms with van der Waals surface area (Å²) in [5, 5.41) is 6.08. The van der Waals surface area contributed by atoms with Crippen molar-refractivity contribution in [2.24, 2.45) is 0 Å². The molecule has 2 aromatic carbocycles. The summed E-state index contributed by atoms with van der Waals surface area (Å²) < 4.78 is 20.5. The van der Waals surface area contributed by atoms with Crippen molar-refractivity contribution < 1.29 is 18.7 Å². The van der Waals surface area contributed by atoms with E-state index in [1.54, 1.807) is 24.5 Å². The molecule has 1 fully saturated rings. The molecule has 182 valence electrons. The van der Waals surface area contributed by atoms with E-state index in [4.69, 9.17) is 4.74 Å². The quantitative estimate of drug-likeness (QED) is 0.508. The standard InChI is InChI=1S/C27H29FN4O3/c1-17-11-25(18(2)10-21(17)14-30-13-20-6-8-29-9-7-20)24-5-4-22(12-26(24)28)32-16-23(35-27(32)34)15-31-19(3)33/h4-12,23,30H,13-16H2,1-3H3,(H,31,33). The van der Waals surface area contributed by atoms with Crippen LogP contribution in [0.25, 0.3) is 11.1 Å². The molecule has 0 aliphatic carbocycles. The first-order chi connectivity index (χ1) is 16.8. The monoisotopic (exact) mass is 476 g/mol. The van der Waals surface area contributed by atoms with E-state index in [0.717, 1.165) is 34.4 Å². The fourth-order valence-corrected chi connectivity index (χ4v) is 4.19. The Bertz CT molecular complexity index is 1230. The van der Waals surface area contributed by atoms with E-state index in [1.165, 1.54) is 17.9 Å². The molecule has 0 saturated carbocycles. The van der Waals surface area contributed by atoms with Crippen LogP contribution in [0.3, 0.4) is 0 Å². The molecule has 1 aromatic heterocycles. The van der Waals surface area contributed by atoms with Crippen LogP contribution in [0.4, 0.5) is 14.9 Å². The number of aromatic nitrogens is 1. The molecular weight excluding hydrogens is 447 g/mol. The lowest BCUT2D eigenvalue weighted by atomic mass is 9.94. The predicted molar refractivity (Wildman–Crippen MR) is 132 cm³/mol. The van der Waals surface area contributed by atoms with E-state index in [0.29, 0.717) is 17.8 Å². The molecule has 0 radical (unpaired) electrons. The Kier molecular flexibility index (Phi) is 7.41. The topological polar surface area (TPSA) is 83.6 Å². The van der Waals surface area contributed by atoms with Crippen molar-refractivity contribution in [1.82, 2.24) is 15.6 Å². The van der Waals surface area contributed by atoms with Gasteiger partial charge < -0.3 is 15.4 Å². The van der Waals surface area contributed by atoms with Crippen LogP contribution in [-0.4, -0.2) is 36.2 Å². The smallest absolute Gasteiger partial charge is 0.414 e. The minimum Gasteiger partial charge on any atom is -0.442 e. The number of carbonyl (C=O) groups is 2. The number of cyclic esters (lactones) is 1. The fourth-order valence-electron chi connectivity index (χ4n) is 4.19. The number of amides is 2. The summed E-state index contributed by atoms with van der Waals surface area (Å²) in [5.74, 6) is -0.609.